The third kappa shape index (κ3) is 3.23. The Balaban J connectivity index is 1.76. The number of amides is 1. The minimum atomic E-state index is -0.156. The van der Waals surface area contributed by atoms with Gasteiger partial charge in [0, 0.05) is 15.8 Å². The van der Waals surface area contributed by atoms with E-state index in [1.54, 1.807) is 24.3 Å². The molecule has 0 saturated heterocycles. The molecule has 1 aliphatic carbocycles. The highest BCUT2D eigenvalue weighted by Gasteiger charge is 2.20. The molecule has 0 atom stereocenters. The predicted molar refractivity (Wildman–Crippen MR) is 95.0 cm³/mol. The van der Waals surface area contributed by atoms with Gasteiger partial charge >= 0.3 is 0 Å². The Hall–Kier alpha value is -0.880. The van der Waals surface area contributed by atoms with Gasteiger partial charge in [-0.15, -0.1) is 22.7 Å². The minimum absolute atomic E-state index is 0.156. The fourth-order valence-corrected chi connectivity index (χ4v) is 5.22. The maximum absolute atomic E-state index is 12.3. The van der Waals surface area contributed by atoms with E-state index in [0.29, 0.717) is 14.4 Å². The van der Waals surface area contributed by atoms with Crippen LogP contribution in [-0.2, 0) is 12.8 Å². The Morgan fingerprint density at radius 3 is 2.77 bits per heavy atom. The van der Waals surface area contributed by atoms with Gasteiger partial charge in [0.05, 0.1) is 15.6 Å². The van der Waals surface area contributed by atoms with Gasteiger partial charge < -0.3 is 0 Å². The summed E-state index contributed by atoms with van der Waals surface area (Å²) in [5.41, 5.74) is 5.97. The Labute approximate surface area is 147 Å². The van der Waals surface area contributed by atoms with E-state index in [2.05, 4.69) is 10.5 Å². The van der Waals surface area contributed by atoms with E-state index < -0.39 is 0 Å². The lowest BCUT2D eigenvalue weighted by Gasteiger charge is -2.12. The number of hydrogen-bond donors (Lipinski definition) is 1. The van der Waals surface area contributed by atoms with Gasteiger partial charge in [-0.1, -0.05) is 23.2 Å². The molecule has 1 amide bonds. The first-order valence-corrected chi connectivity index (χ1v) is 9.40. The molecule has 2 heterocycles. The van der Waals surface area contributed by atoms with Crippen molar-refractivity contribution in [3.8, 4) is 0 Å². The van der Waals surface area contributed by atoms with Crippen LogP contribution < -0.4 is 5.43 Å². The summed E-state index contributed by atoms with van der Waals surface area (Å²) in [4.78, 5) is 13.7. The summed E-state index contributed by atoms with van der Waals surface area (Å²) in [6.45, 7) is 1.80. The summed E-state index contributed by atoms with van der Waals surface area (Å²) in [6, 6.07) is 1.76. The lowest BCUT2D eigenvalue weighted by Crippen LogP contribution is -2.20. The summed E-state index contributed by atoms with van der Waals surface area (Å²) in [5, 5.41) is 6.09. The number of aryl methyl sites for hydroxylation is 1. The third-order valence-electron chi connectivity index (χ3n) is 3.68. The number of thiophene rings is 2. The monoisotopic (exact) mass is 372 g/mol. The van der Waals surface area contributed by atoms with Crippen LogP contribution in [0.15, 0.2) is 16.5 Å². The van der Waals surface area contributed by atoms with Gasteiger partial charge in [0.2, 0.25) is 0 Å². The molecule has 0 fully saturated rings. The number of fused-ring (bicyclic) bond motifs is 1. The molecule has 3 rings (SSSR count). The Kier molecular flexibility index (Phi) is 4.88. The van der Waals surface area contributed by atoms with Crippen LogP contribution in [0.25, 0.3) is 0 Å². The second-order valence-corrected chi connectivity index (χ2v) is 8.38. The lowest BCUT2D eigenvalue weighted by molar-refractivity contribution is 0.0954. The third-order valence-corrected chi connectivity index (χ3v) is 6.25. The van der Waals surface area contributed by atoms with Crippen LogP contribution in [0.1, 0.15) is 46.1 Å². The smallest absolute Gasteiger partial charge is 0.267 e. The van der Waals surface area contributed by atoms with Gasteiger partial charge in [-0.25, -0.2) is 5.43 Å². The quantitative estimate of drug-likeness (QED) is 0.587. The van der Waals surface area contributed by atoms with Crippen molar-refractivity contribution in [2.24, 2.45) is 5.10 Å². The van der Waals surface area contributed by atoms with Crippen LogP contribution in [0.3, 0.4) is 0 Å². The molecular weight excluding hydrogens is 359 g/mol. The van der Waals surface area contributed by atoms with E-state index in [1.807, 2.05) is 5.38 Å². The van der Waals surface area contributed by atoms with Crippen LogP contribution in [0.4, 0.5) is 0 Å². The van der Waals surface area contributed by atoms with Gasteiger partial charge in [0.15, 0.2) is 0 Å². The van der Waals surface area contributed by atoms with Crippen LogP contribution >= 0.6 is 45.9 Å². The number of carbonyl (C=O) groups is 1. The molecule has 1 aliphatic rings. The average molecular weight is 373 g/mol. The molecule has 2 aromatic rings. The van der Waals surface area contributed by atoms with Gasteiger partial charge in [-0.2, -0.15) is 5.10 Å². The van der Waals surface area contributed by atoms with Crippen LogP contribution in [0.2, 0.25) is 8.67 Å². The Morgan fingerprint density at radius 2 is 2.05 bits per heavy atom. The van der Waals surface area contributed by atoms with Crippen LogP contribution in [0, 0.1) is 0 Å². The van der Waals surface area contributed by atoms with Gasteiger partial charge in [0.25, 0.3) is 5.91 Å². The van der Waals surface area contributed by atoms with E-state index in [-0.39, 0.29) is 5.91 Å². The van der Waals surface area contributed by atoms with Gasteiger partial charge in [0.1, 0.15) is 4.34 Å². The van der Waals surface area contributed by atoms with Crippen molar-refractivity contribution in [3.05, 3.63) is 41.7 Å². The highest BCUT2D eigenvalue weighted by molar-refractivity contribution is 7.20. The predicted octanol–water partition coefficient (Wildman–Crippen LogP) is 5.15. The maximum atomic E-state index is 12.3. The largest absolute Gasteiger partial charge is 0.272 e. The zero-order valence-electron chi connectivity index (χ0n) is 11.9. The summed E-state index contributed by atoms with van der Waals surface area (Å²) in [7, 11) is 0. The molecule has 0 spiro atoms. The molecule has 0 saturated carbocycles. The molecule has 0 radical (unpaired) electrons. The van der Waals surface area contributed by atoms with E-state index in [9.17, 15) is 4.79 Å². The highest BCUT2D eigenvalue weighted by Crippen LogP contribution is 2.32. The van der Waals surface area contributed by atoms with Crippen molar-refractivity contribution in [2.45, 2.75) is 32.6 Å². The number of rotatable bonds is 3. The summed E-state index contributed by atoms with van der Waals surface area (Å²) < 4.78 is 1.18. The summed E-state index contributed by atoms with van der Waals surface area (Å²) in [6.07, 6.45) is 4.42. The first-order valence-electron chi connectivity index (χ1n) is 6.95. The molecule has 3 nitrogen and oxygen atoms in total. The van der Waals surface area contributed by atoms with Crippen LogP contribution in [-0.4, -0.2) is 11.6 Å². The molecule has 2 aromatic heterocycles. The van der Waals surface area contributed by atoms with Gasteiger partial charge in [-0.05, 0) is 44.2 Å². The second-order valence-electron chi connectivity index (χ2n) is 5.13. The molecule has 0 aliphatic heterocycles. The van der Waals surface area contributed by atoms with Crippen molar-refractivity contribution < 1.29 is 4.79 Å². The molecule has 7 heteroatoms. The van der Waals surface area contributed by atoms with Crippen molar-refractivity contribution in [1.82, 2.24) is 5.43 Å². The number of halogens is 2. The standard InChI is InChI=1S/C15H14Cl2N2OS2/c1-8(10-6-13(16)22-14(10)17)18-19-15(20)11-7-21-12-5-3-2-4-9(11)12/h6-7H,2-5H2,1H3,(H,19,20)/b18-8+. The molecule has 1 N–H and O–H groups in total. The van der Waals surface area contributed by atoms with E-state index >= 15 is 0 Å². The summed E-state index contributed by atoms with van der Waals surface area (Å²) >= 11 is 15.0. The highest BCUT2D eigenvalue weighted by atomic mass is 35.5. The minimum Gasteiger partial charge on any atom is -0.267 e. The zero-order valence-corrected chi connectivity index (χ0v) is 15.1. The fraction of sp³-hybridized carbons (Fsp3) is 0.333. The number of hydrogen-bond acceptors (Lipinski definition) is 4. The van der Waals surface area contributed by atoms with E-state index in [1.165, 1.54) is 28.2 Å². The van der Waals surface area contributed by atoms with Crippen molar-refractivity contribution >= 4 is 57.5 Å². The van der Waals surface area contributed by atoms with E-state index in [4.69, 9.17) is 23.2 Å². The number of carbonyl (C=O) groups excluding carboxylic acids is 1. The van der Waals surface area contributed by atoms with E-state index in [0.717, 1.165) is 30.4 Å². The number of nitrogens with one attached hydrogen (secondary N) is 1. The SMILES string of the molecule is C/C(=N\NC(=O)c1csc2c1CCCC2)c1cc(Cl)sc1Cl. The Morgan fingerprint density at radius 1 is 1.27 bits per heavy atom. The number of hydrazone groups is 1. The van der Waals surface area contributed by atoms with Crippen molar-refractivity contribution in [2.75, 3.05) is 0 Å². The van der Waals surface area contributed by atoms with Gasteiger partial charge in [-0.3, -0.25) is 4.79 Å². The molecule has 22 heavy (non-hydrogen) atoms. The summed E-state index contributed by atoms with van der Waals surface area (Å²) in [5.74, 6) is -0.156. The molecule has 0 unspecified atom stereocenters. The zero-order chi connectivity index (χ0) is 15.7. The Bertz CT molecular complexity index is 749. The van der Waals surface area contributed by atoms with Crippen molar-refractivity contribution in [3.63, 3.8) is 0 Å². The fourth-order valence-electron chi connectivity index (χ4n) is 2.53. The van der Waals surface area contributed by atoms with Crippen LogP contribution in [0.5, 0.6) is 0 Å². The normalized spacial score (nSPS) is 14.8. The lowest BCUT2D eigenvalue weighted by atomic mass is 9.96. The first kappa shape index (κ1) is 16.0. The van der Waals surface area contributed by atoms with Crippen molar-refractivity contribution in [1.29, 1.82) is 0 Å². The maximum Gasteiger partial charge on any atom is 0.272 e. The number of nitrogens with zero attached hydrogens (tertiary/aromatic N) is 1. The topological polar surface area (TPSA) is 41.5 Å². The second kappa shape index (κ2) is 6.71. The molecule has 0 bridgehead atoms. The molecule has 116 valence electrons. The first-order chi connectivity index (χ1) is 10.6. The molecular formula is C15H14Cl2N2OS2. The molecule has 0 aromatic carbocycles. The average Bonchev–Trinajstić information content (AvgIpc) is 3.07.